The summed E-state index contributed by atoms with van der Waals surface area (Å²) in [5.74, 6) is 1.15. The molecule has 12 aromatic rings. The van der Waals surface area contributed by atoms with Gasteiger partial charge in [0, 0.05) is 60.6 Å². The maximum absolute atomic E-state index is 5.87. The van der Waals surface area contributed by atoms with Crippen LogP contribution in [0.4, 0.5) is 23.0 Å². The largest absolute Gasteiger partial charge is 0.319 e. The highest BCUT2D eigenvalue weighted by Gasteiger charge is 2.40. The summed E-state index contributed by atoms with van der Waals surface area (Å²) in [4.78, 5) is 17.5. The zero-order valence-corrected chi connectivity index (χ0v) is 39.9. The fourth-order valence-electron chi connectivity index (χ4n) is 12.3. The predicted molar refractivity (Wildman–Crippen MR) is 298 cm³/mol. The summed E-state index contributed by atoms with van der Waals surface area (Å²) >= 11 is 1.75. The number of aromatic nitrogens is 3. The number of hydrogen-bond acceptors (Lipinski definition) is 5. The Bertz CT molecular complexity index is 4360. The molecule has 5 heterocycles. The van der Waals surface area contributed by atoms with E-state index in [2.05, 4.69) is 228 Å². The van der Waals surface area contributed by atoms with Gasteiger partial charge in [0.15, 0.2) is 0 Å². The number of nitrogens with zero attached hydrogens (tertiary/aromatic N) is 5. The molecule has 2 atom stereocenters. The first kappa shape index (κ1) is 40.3. The third kappa shape index (κ3) is 5.92. The molecule has 71 heavy (non-hydrogen) atoms. The highest BCUT2D eigenvalue weighted by atomic mass is 32.1. The Hall–Kier alpha value is -8.58. The summed E-state index contributed by atoms with van der Waals surface area (Å²) in [6.45, 7) is 7.33. The maximum atomic E-state index is 5.87. The molecule has 336 valence electrons. The molecule has 5 nitrogen and oxygen atoms in total. The number of rotatable bonds is 5. The maximum Gasteiger partial charge on any atom is 0.233 e. The van der Waals surface area contributed by atoms with Gasteiger partial charge in [-0.15, -0.1) is 11.3 Å². The summed E-state index contributed by atoms with van der Waals surface area (Å²) in [6, 6.07) is 73.2. The Morgan fingerprint density at radius 3 is 2.13 bits per heavy atom. The number of fused-ring (bicyclic) bond motifs is 13. The second-order valence-corrected chi connectivity index (χ2v) is 20.4. The fourth-order valence-corrected chi connectivity index (χ4v) is 13.4. The van der Waals surface area contributed by atoms with Crippen LogP contribution in [0.3, 0.4) is 0 Å². The monoisotopic (exact) mass is 927 g/mol. The fraction of sp³-hybridized carbons (Fsp3) is 0.0769. The molecular formula is C65H45N5S. The zero-order valence-electron chi connectivity index (χ0n) is 39.1. The lowest BCUT2D eigenvalue weighted by Gasteiger charge is -2.46. The van der Waals surface area contributed by atoms with Gasteiger partial charge in [-0.3, -0.25) is 4.90 Å². The summed E-state index contributed by atoms with van der Waals surface area (Å²) in [5.41, 5.74) is 16.4. The second-order valence-electron chi connectivity index (χ2n) is 19.3. The lowest BCUT2D eigenvalue weighted by Crippen LogP contribution is -2.50. The highest BCUT2D eigenvalue weighted by Crippen LogP contribution is 2.50. The minimum Gasteiger partial charge on any atom is -0.319 e. The number of para-hydroxylation sites is 4. The predicted octanol–water partition coefficient (Wildman–Crippen LogP) is 15.3. The van der Waals surface area contributed by atoms with Crippen LogP contribution in [0.15, 0.2) is 206 Å². The molecule has 0 saturated heterocycles. The van der Waals surface area contributed by atoms with Crippen LogP contribution < -0.4 is 20.2 Å². The molecule has 9 aromatic carbocycles. The smallest absolute Gasteiger partial charge is 0.233 e. The molecule has 3 aromatic heterocycles. The van der Waals surface area contributed by atoms with E-state index in [4.69, 9.17) is 16.5 Å². The number of hydrogen-bond donors (Lipinski definition) is 0. The molecule has 6 heteroatoms. The van der Waals surface area contributed by atoms with E-state index in [1.807, 2.05) is 0 Å². The van der Waals surface area contributed by atoms with Gasteiger partial charge in [-0.2, -0.15) is 0 Å². The molecule has 15 rings (SSSR count). The van der Waals surface area contributed by atoms with Crippen molar-refractivity contribution in [3.63, 3.8) is 0 Å². The summed E-state index contributed by atoms with van der Waals surface area (Å²) < 4.78 is 3.63. The first-order chi connectivity index (χ1) is 35.1. The van der Waals surface area contributed by atoms with Crippen molar-refractivity contribution >= 4 is 105 Å². The molecular weight excluding hydrogens is 883 g/mol. The van der Waals surface area contributed by atoms with Gasteiger partial charge < -0.3 is 9.47 Å². The van der Waals surface area contributed by atoms with Gasteiger partial charge in [-0.05, 0) is 111 Å². The molecule has 3 aliphatic rings. The van der Waals surface area contributed by atoms with Crippen molar-refractivity contribution in [1.82, 2.24) is 14.5 Å². The van der Waals surface area contributed by atoms with Crippen molar-refractivity contribution in [3.8, 4) is 16.9 Å². The molecule has 2 aliphatic heterocycles. The minimum atomic E-state index is -0.271. The third-order valence-electron chi connectivity index (χ3n) is 15.5. The van der Waals surface area contributed by atoms with Crippen molar-refractivity contribution in [2.45, 2.75) is 31.8 Å². The number of allylic oxidation sites excluding steroid dienone is 1. The molecule has 2 unspecified atom stereocenters. The standard InChI is InChI=1S/C65H45N5S/c1-39-32-33-47(48-25-10-9-24-45(39)48)41-18-17-19-42(36-41)63-62-51-28-13-16-31-58(51)71-64(62)67-65(66-63)70-54-29-14-11-26-49(54)53-37-59(70)69(44-22-7-4-8-23-44)56-38-57-61(52-35-34-46(53)40(2)60(52)56)50-27-12-15-30-55(50)68(57)43-20-5-3-6-21-43/h3-31,33-36,38-39,59H,2,32,37H2,1H3/b53-46-. The lowest BCUT2D eigenvalue weighted by atomic mass is 9.81. The van der Waals surface area contributed by atoms with Gasteiger partial charge in [-0.1, -0.05) is 165 Å². The van der Waals surface area contributed by atoms with Crippen molar-refractivity contribution in [2.24, 2.45) is 0 Å². The first-order valence-electron chi connectivity index (χ1n) is 24.7. The van der Waals surface area contributed by atoms with Crippen LogP contribution in [0.5, 0.6) is 0 Å². The van der Waals surface area contributed by atoms with Gasteiger partial charge in [0.2, 0.25) is 5.95 Å². The normalized spacial score (nSPS) is 16.9. The Morgan fingerprint density at radius 2 is 1.27 bits per heavy atom. The third-order valence-corrected chi connectivity index (χ3v) is 16.5. The van der Waals surface area contributed by atoms with Crippen LogP contribution in [-0.2, 0) is 0 Å². The molecule has 0 radical (unpaired) electrons. The number of anilines is 4. The van der Waals surface area contributed by atoms with Crippen molar-refractivity contribution < 1.29 is 0 Å². The van der Waals surface area contributed by atoms with Crippen LogP contribution in [0, 0.1) is 0 Å². The Morgan fingerprint density at radius 1 is 0.549 bits per heavy atom. The van der Waals surface area contributed by atoms with E-state index in [0.717, 1.165) is 66.8 Å². The van der Waals surface area contributed by atoms with Crippen LogP contribution in [0.25, 0.3) is 87.6 Å². The van der Waals surface area contributed by atoms with Crippen LogP contribution >= 0.6 is 11.3 Å². The topological polar surface area (TPSA) is 37.2 Å². The minimum absolute atomic E-state index is 0.271. The Labute approximate surface area is 414 Å². The Kier molecular flexibility index (Phi) is 8.78. The molecule has 1 aliphatic carbocycles. The van der Waals surface area contributed by atoms with Crippen LogP contribution in [0.2, 0.25) is 0 Å². The average Bonchev–Trinajstić information content (AvgIpc) is 3.97. The van der Waals surface area contributed by atoms with E-state index in [9.17, 15) is 0 Å². The van der Waals surface area contributed by atoms with Crippen LogP contribution in [0.1, 0.15) is 47.9 Å². The first-order valence-corrected chi connectivity index (χ1v) is 25.5. The van der Waals surface area contributed by atoms with Gasteiger partial charge in [0.25, 0.3) is 0 Å². The zero-order chi connectivity index (χ0) is 46.9. The summed E-state index contributed by atoms with van der Waals surface area (Å²) in [5, 5.41) is 9.28. The SMILES string of the molecule is C=c1/c2ccc3c1c(cc1c3c3ccccc3n1-c1ccccc1)N(c1ccccc1)C1C\C=2c2ccccc2N1c1nc(-c2cccc(C3=CCC(C)c4ccccc43)c2)c2c(n1)sc1ccccc12. The molecule has 0 amide bonds. The van der Waals surface area contributed by atoms with Gasteiger partial charge >= 0.3 is 0 Å². The van der Waals surface area contributed by atoms with Crippen molar-refractivity contribution in [1.29, 1.82) is 0 Å². The van der Waals surface area contributed by atoms with E-state index in [1.54, 1.807) is 11.3 Å². The van der Waals surface area contributed by atoms with Crippen molar-refractivity contribution in [3.05, 3.63) is 239 Å². The lowest BCUT2D eigenvalue weighted by molar-refractivity contribution is 0.649. The molecule has 0 spiro atoms. The molecule has 0 N–H and O–H groups in total. The molecule has 0 fully saturated rings. The summed E-state index contributed by atoms with van der Waals surface area (Å²) in [7, 11) is 0. The number of thiophene rings is 1. The van der Waals surface area contributed by atoms with E-state index >= 15 is 0 Å². The Balaban J connectivity index is 1.02. The summed E-state index contributed by atoms with van der Waals surface area (Å²) in [6.07, 6.45) is 3.86. The van der Waals surface area contributed by atoms with E-state index in [1.165, 1.54) is 70.4 Å². The highest BCUT2D eigenvalue weighted by molar-refractivity contribution is 7.25. The molecule has 4 bridgehead atoms. The van der Waals surface area contributed by atoms with Gasteiger partial charge in [0.05, 0.1) is 28.1 Å². The quantitative estimate of drug-likeness (QED) is 0.172. The van der Waals surface area contributed by atoms with Gasteiger partial charge in [-0.25, -0.2) is 9.97 Å². The van der Waals surface area contributed by atoms with E-state index < -0.39 is 0 Å². The van der Waals surface area contributed by atoms with E-state index in [0.29, 0.717) is 18.3 Å². The van der Waals surface area contributed by atoms with E-state index in [-0.39, 0.29) is 6.17 Å². The van der Waals surface area contributed by atoms with Gasteiger partial charge in [0.1, 0.15) is 11.0 Å². The molecule has 0 saturated carbocycles. The second kappa shape index (κ2) is 15.5. The number of benzene rings is 9. The van der Waals surface area contributed by atoms with Crippen molar-refractivity contribution in [2.75, 3.05) is 9.80 Å². The average molecular weight is 928 g/mol. The van der Waals surface area contributed by atoms with Crippen LogP contribution in [-0.4, -0.2) is 20.7 Å².